The zero-order chi connectivity index (χ0) is 24.9. The van der Waals surface area contributed by atoms with E-state index >= 15 is 0 Å². The summed E-state index contributed by atoms with van der Waals surface area (Å²) in [6, 6.07) is 18.4. The number of unbranched alkanes of at least 4 members (excludes halogenated alkanes) is 3. The second kappa shape index (κ2) is 11.6. The maximum absolute atomic E-state index is 14.0. The molecule has 0 bridgehead atoms. The fraction of sp³-hybridized carbons (Fsp3) is 0.379. The fourth-order valence-corrected chi connectivity index (χ4v) is 7.28. The Balaban J connectivity index is 1.50. The van der Waals surface area contributed by atoms with Crippen LogP contribution in [0.5, 0.6) is 5.75 Å². The van der Waals surface area contributed by atoms with Crippen molar-refractivity contribution >= 4 is 33.3 Å². The molecule has 5 rings (SSSR count). The Bertz CT molecular complexity index is 1360. The molecule has 0 radical (unpaired) electrons. The summed E-state index contributed by atoms with van der Waals surface area (Å²) in [6.45, 7) is 5.22. The third-order valence-corrected chi connectivity index (χ3v) is 9.02. The van der Waals surface area contributed by atoms with Gasteiger partial charge < -0.3 is 9.64 Å². The Kier molecular flexibility index (Phi) is 8.09. The monoisotopic (exact) mass is 520 g/mol. The number of thiophene rings is 1. The zero-order valence-corrected chi connectivity index (χ0v) is 22.7. The lowest BCUT2D eigenvalue weighted by molar-refractivity contribution is -0.929. The molecule has 3 heterocycles. The number of benzene rings is 2. The number of ether oxygens (including phenoxy) is 1. The van der Waals surface area contributed by atoms with E-state index < -0.39 is 0 Å². The van der Waals surface area contributed by atoms with Crippen molar-refractivity contribution in [1.82, 2.24) is 9.55 Å². The number of aromatic nitrogens is 2. The topological polar surface area (TPSA) is 48.6 Å². The van der Waals surface area contributed by atoms with E-state index in [1.54, 1.807) is 35.1 Å². The number of thioether (sulfide) groups is 1. The maximum atomic E-state index is 14.0. The Morgan fingerprint density at radius 3 is 2.64 bits per heavy atom. The Hall–Kier alpha value is -2.61. The highest BCUT2D eigenvalue weighted by Crippen LogP contribution is 2.32. The van der Waals surface area contributed by atoms with Crippen molar-refractivity contribution in [3.8, 4) is 11.4 Å². The lowest BCUT2D eigenvalue weighted by Gasteiger charge is -2.24. The van der Waals surface area contributed by atoms with E-state index in [0.717, 1.165) is 65.0 Å². The van der Waals surface area contributed by atoms with Crippen LogP contribution >= 0.6 is 23.1 Å². The summed E-state index contributed by atoms with van der Waals surface area (Å²) in [6.07, 6.45) is 5.73. The molecular formula is C29H34N3O2S2+. The number of hydrogen-bond donors (Lipinski definition) is 1. The first-order valence-corrected chi connectivity index (χ1v) is 14.7. The summed E-state index contributed by atoms with van der Waals surface area (Å²) < 4.78 is 7.17. The van der Waals surface area contributed by atoms with Crippen LogP contribution in [0.1, 0.15) is 48.6 Å². The highest BCUT2D eigenvalue weighted by Gasteiger charge is 2.27. The van der Waals surface area contributed by atoms with E-state index in [-0.39, 0.29) is 5.56 Å². The van der Waals surface area contributed by atoms with Gasteiger partial charge in [0.15, 0.2) is 5.16 Å². The van der Waals surface area contributed by atoms with Crippen molar-refractivity contribution in [3.63, 3.8) is 0 Å². The number of fused-ring (bicyclic) bond motifs is 3. The van der Waals surface area contributed by atoms with Crippen LogP contribution in [0.3, 0.4) is 0 Å². The molecule has 188 valence electrons. The van der Waals surface area contributed by atoms with Crippen molar-refractivity contribution in [2.24, 2.45) is 0 Å². The molecule has 0 saturated heterocycles. The molecule has 0 amide bonds. The smallest absolute Gasteiger partial charge is 0.267 e. The van der Waals surface area contributed by atoms with E-state index in [9.17, 15) is 4.79 Å². The van der Waals surface area contributed by atoms with Gasteiger partial charge in [-0.3, -0.25) is 9.36 Å². The van der Waals surface area contributed by atoms with Gasteiger partial charge in [0, 0.05) is 17.7 Å². The molecule has 2 aromatic carbocycles. The molecule has 0 spiro atoms. The third-order valence-electron chi connectivity index (χ3n) is 6.87. The minimum absolute atomic E-state index is 0.0604. The summed E-state index contributed by atoms with van der Waals surface area (Å²) in [5.74, 6) is 1.75. The van der Waals surface area contributed by atoms with E-state index in [4.69, 9.17) is 9.72 Å². The number of hydrogen-bond acceptors (Lipinski definition) is 5. The minimum atomic E-state index is 0.0604. The molecule has 1 unspecified atom stereocenters. The van der Waals surface area contributed by atoms with Crippen molar-refractivity contribution in [2.75, 3.05) is 19.4 Å². The van der Waals surface area contributed by atoms with Crippen molar-refractivity contribution < 1.29 is 9.64 Å². The molecule has 4 aromatic rings. The van der Waals surface area contributed by atoms with Gasteiger partial charge in [0.2, 0.25) is 0 Å². The predicted molar refractivity (Wildman–Crippen MR) is 150 cm³/mol. The van der Waals surface area contributed by atoms with Gasteiger partial charge in [-0.15, -0.1) is 11.3 Å². The SMILES string of the molecule is CCCCCCSc1nc2sc3c(c2c(=O)n1-c1ccc(OC)cc1)CC[NH+](Cc1ccccc1)C3. The first-order chi connectivity index (χ1) is 17.7. The quantitative estimate of drug-likeness (QED) is 0.176. The highest BCUT2D eigenvalue weighted by molar-refractivity contribution is 7.99. The van der Waals surface area contributed by atoms with Crippen molar-refractivity contribution in [2.45, 2.75) is 57.3 Å². The molecule has 1 aliphatic heterocycles. The van der Waals surface area contributed by atoms with Gasteiger partial charge in [0.05, 0.1) is 29.6 Å². The van der Waals surface area contributed by atoms with Crippen molar-refractivity contribution in [1.29, 1.82) is 0 Å². The molecule has 2 aromatic heterocycles. The van der Waals surface area contributed by atoms with Crippen LogP contribution in [0.4, 0.5) is 0 Å². The van der Waals surface area contributed by atoms with Gasteiger partial charge in [0.25, 0.3) is 5.56 Å². The molecule has 5 nitrogen and oxygen atoms in total. The maximum Gasteiger partial charge on any atom is 0.267 e. The molecule has 36 heavy (non-hydrogen) atoms. The zero-order valence-electron chi connectivity index (χ0n) is 21.1. The van der Waals surface area contributed by atoms with Crippen LogP contribution in [0.2, 0.25) is 0 Å². The van der Waals surface area contributed by atoms with E-state index in [0.29, 0.717) is 0 Å². The summed E-state index contributed by atoms with van der Waals surface area (Å²) in [4.78, 5) is 22.9. The van der Waals surface area contributed by atoms with Gasteiger partial charge in [0.1, 0.15) is 23.7 Å². The number of rotatable bonds is 10. The molecule has 7 heteroatoms. The molecular weight excluding hydrogens is 486 g/mol. The van der Waals surface area contributed by atoms with Gasteiger partial charge in [-0.05, 0) is 36.2 Å². The van der Waals surface area contributed by atoms with Crippen LogP contribution in [-0.4, -0.2) is 29.0 Å². The van der Waals surface area contributed by atoms with Crippen LogP contribution in [0.15, 0.2) is 64.5 Å². The van der Waals surface area contributed by atoms with E-state index in [1.807, 2.05) is 28.8 Å². The summed E-state index contributed by atoms with van der Waals surface area (Å²) in [5.41, 5.74) is 3.48. The Morgan fingerprint density at radius 2 is 1.89 bits per heavy atom. The fourth-order valence-electron chi connectivity index (χ4n) is 4.94. The van der Waals surface area contributed by atoms with Gasteiger partial charge in [-0.25, -0.2) is 4.98 Å². The van der Waals surface area contributed by atoms with E-state index in [1.165, 1.54) is 35.3 Å². The van der Waals surface area contributed by atoms with Crippen LogP contribution in [-0.2, 0) is 19.5 Å². The lowest BCUT2D eigenvalue weighted by Crippen LogP contribution is -3.10. The average molecular weight is 521 g/mol. The standard InChI is InChI=1S/C29H33N3O2S2/c1-3-4-5-9-18-35-29-30-27-26(28(33)32(29)22-12-14-23(34-2)15-13-22)24-16-17-31(20-25(24)36-27)19-21-10-7-6-8-11-21/h6-8,10-15H,3-5,9,16-20H2,1-2H3/p+1. The van der Waals surface area contributed by atoms with Crippen molar-refractivity contribution in [3.05, 3.63) is 81.0 Å². The predicted octanol–water partition coefficient (Wildman–Crippen LogP) is 5.27. The number of nitrogens with zero attached hydrogens (tertiary/aromatic N) is 2. The van der Waals surface area contributed by atoms with Gasteiger partial charge in [-0.1, -0.05) is 68.3 Å². The van der Waals surface area contributed by atoms with Gasteiger partial charge in [-0.2, -0.15) is 0 Å². The highest BCUT2D eigenvalue weighted by atomic mass is 32.2. The largest absolute Gasteiger partial charge is 0.497 e. The average Bonchev–Trinajstić information content (AvgIpc) is 3.27. The Morgan fingerprint density at radius 1 is 1.08 bits per heavy atom. The first kappa shape index (κ1) is 25.1. The molecule has 1 aliphatic rings. The second-order valence-corrected chi connectivity index (χ2v) is 11.6. The lowest BCUT2D eigenvalue weighted by atomic mass is 10.0. The first-order valence-electron chi connectivity index (χ1n) is 12.9. The third kappa shape index (κ3) is 5.38. The second-order valence-electron chi connectivity index (χ2n) is 9.42. The molecule has 1 atom stereocenters. The number of quaternary nitrogens is 1. The molecule has 1 N–H and O–H groups in total. The Labute approximate surface area is 221 Å². The van der Waals surface area contributed by atoms with Crippen LogP contribution in [0, 0.1) is 0 Å². The minimum Gasteiger partial charge on any atom is -0.497 e. The van der Waals surface area contributed by atoms with Gasteiger partial charge >= 0.3 is 0 Å². The molecule has 0 aliphatic carbocycles. The van der Waals surface area contributed by atoms with Crippen LogP contribution in [0.25, 0.3) is 15.9 Å². The molecule has 0 saturated carbocycles. The summed E-state index contributed by atoms with van der Waals surface area (Å²) >= 11 is 3.42. The summed E-state index contributed by atoms with van der Waals surface area (Å²) in [7, 11) is 1.66. The van der Waals surface area contributed by atoms with E-state index in [2.05, 4.69) is 37.3 Å². The summed E-state index contributed by atoms with van der Waals surface area (Å²) in [5, 5.41) is 1.61. The number of methoxy groups -OCH3 is 1. The van der Waals surface area contributed by atoms with Crippen LogP contribution < -0.4 is 15.2 Å². The number of nitrogens with one attached hydrogen (secondary N) is 1. The molecule has 0 fully saturated rings. The normalized spacial score (nSPS) is 15.2.